The number of carboxylic acid groups (broad SMARTS) is 1. The lowest BCUT2D eigenvalue weighted by atomic mass is 10.1. The normalized spacial score (nSPS) is 22.1. The Bertz CT molecular complexity index is 618. The number of nitrogens with zero attached hydrogens (tertiary/aromatic N) is 2. The summed E-state index contributed by atoms with van der Waals surface area (Å²) in [5.74, 6) is 0.186. The van der Waals surface area contributed by atoms with E-state index in [9.17, 15) is 4.79 Å². The van der Waals surface area contributed by atoms with Gasteiger partial charge in [-0.05, 0) is 26.2 Å². The average molecular weight is 272 g/mol. The SMILES string of the molecule is Cc1ccc(-c2noc(C3CCC(C(=O)O)C3)n2)cc1. The zero-order chi connectivity index (χ0) is 14.1. The van der Waals surface area contributed by atoms with E-state index < -0.39 is 5.97 Å². The highest BCUT2D eigenvalue weighted by Gasteiger charge is 2.33. The van der Waals surface area contributed by atoms with E-state index in [2.05, 4.69) is 10.1 Å². The van der Waals surface area contributed by atoms with Gasteiger partial charge in [-0.25, -0.2) is 0 Å². The van der Waals surface area contributed by atoms with Gasteiger partial charge in [0.2, 0.25) is 11.7 Å². The molecule has 0 amide bonds. The maximum absolute atomic E-state index is 11.0. The Morgan fingerprint density at radius 3 is 2.70 bits per heavy atom. The van der Waals surface area contributed by atoms with Gasteiger partial charge in [0.1, 0.15) is 0 Å². The number of hydrogen-bond acceptors (Lipinski definition) is 4. The third-order valence-electron chi connectivity index (χ3n) is 3.88. The minimum absolute atomic E-state index is 0.0720. The van der Waals surface area contributed by atoms with Gasteiger partial charge in [0, 0.05) is 11.5 Å². The molecule has 2 atom stereocenters. The third kappa shape index (κ3) is 2.43. The Morgan fingerprint density at radius 2 is 2.05 bits per heavy atom. The van der Waals surface area contributed by atoms with Crippen LogP contribution in [0.5, 0.6) is 0 Å². The van der Waals surface area contributed by atoms with E-state index in [0.29, 0.717) is 24.6 Å². The van der Waals surface area contributed by atoms with Crippen molar-refractivity contribution in [2.45, 2.75) is 32.1 Å². The van der Waals surface area contributed by atoms with Crippen molar-refractivity contribution in [1.29, 1.82) is 0 Å². The van der Waals surface area contributed by atoms with Crippen LogP contribution >= 0.6 is 0 Å². The number of benzene rings is 1. The smallest absolute Gasteiger partial charge is 0.306 e. The molecule has 2 aromatic rings. The summed E-state index contributed by atoms with van der Waals surface area (Å²) in [6.45, 7) is 2.02. The molecule has 0 radical (unpaired) electrons. The quantitative estimate of drug-likeness (QED) is 0.929. The molecule has 1 saturated carbocycles. The fourth-order valence-corrected chi connectivity index (χ4v) is 2.65. The van der Waals surface area contributed by atoms with E-state index in [1.165, 1.54) is 5.56 Å². The molecule has 20 heavy (non-hydrogen) atoms. The number of carbonyl (C=O) groups is 1. The van der Waals surface area contributed by atoms with E-state index in [4.69, 9.17) is 9.63 Å². The largest absolute Gasteiger partial charge is 0.481 e. The minimum atomic E-state index is -0.731. The number of rotatable bonds is 3. The molecule has 0 aliphatic heterocycles. The Morgan fingerprint density at radius 1 is 1.30 bits per heavy atom. The number of aliphatic carboxylic acids is 1. The molecule has 0 saturated heterocycles. The molecule has 104 valence electrons. The molecule has 1 heterocycles. The molecule has 5 heteroatoms. The summed E-state index contributed by atoms with van der Waals surface area (Å²) in [5.41, 5.74) is 2.09. The molecule has 1 aromatic carbocycles. The van der Waals surface area contributed by atoms with Crippen molar-refractivity contribution in [2.24, 2.45) is 5.92 Å². The van der Waals surface area contributed by atoms with Crippen molar-refractivity contribution in [2.75, 3.05) is 0 Å². The van der Waals surface area contributed by atoms with Gasteiger partial charge in [0.15, 0.2) is 0 Å². The number of carboxylic acids is 1. The first-order chi connectivity index (χ1) is 9.63. The minimum Gasteiger partial charge on any atom is -0.481 e. The molecule has 1 N–H and O–H groups in total. The Kier molecular flexibility index (Phi) is 3.26. The van der Waals surface area contributed by atoms with Crippen LogP contribution in [0.1, 0.15) is 36.6 Å². The van der Waals surface area contributed by atoms with Crippen LogP contribution in [0.2, 0.25) is 0 Å². The Balaban J connectivity index is 1.77. The molecule has 1 aliphatic rings. The van der Waals surface area contributed by atoms with Crippen molar-refractivity contribution in [3.63, 3.8) is 0 Å². The van der Waals surface area contributed by atoms with Crippen LogP contribution < -0.4 is 0 Å². The van der Waals surface area contributed by atoms with Gasteiger partial charge in [-0.2, -0.15) is 4.98 Å². The summed E-state index contributed by atoms with van der Waals surface area (Å²) < 4.78 is 5.31. The standard InChI is InChI=1S/C15H16N2O3/c1-9-2-4-10(5-3-9)13-16-14(20-17-13)11-6-7-12(8-11)15(18)19/h2-5,11-12H,6-8H2,1H3,(H,18,19). The van der Waals surface area contributed by atoms with Crippen LogP contribution in [0, 0.1) is 12.8 Å². The van der Waals surface area contributed by atoms with E-state index >= 15 is 0 Å². The zero-order valence-corrected chi connectivity index (χ0v) is 11.2. The van der Waals surface area contributed by atoms with Crippen LogP contribution in [0.15, 0.2) is 28.8 Å². The molecule has 0 bridgehead atoms. The average Bonchev–Trinajstić information content (AvgIpc) is 3.08. The van der Waals surface area contributed by atoms with Crippen molar-refractivity contribution in [1.82, 2.24) is 10.1 Å². The van der Waals surface area contributed by atoms with Gasteiger partial charge >= 0.3 is 5.97 Å². The Hall–Kier alpha value is -2.17. The van der Waals surface area contributed by atoms with Crippen molar-refractivity contribution >= 4 is 5.97 Å². The summed E-state index contributed by atoms with van der Waals surface area (Å²) in [6.07, 6.45) is 2.07. The van der Waals surface area contributed by atoms with Gasteiger partial charge in [-0.3, -0.25) is 4.79 Å². The first-order valence-corrected chi connectivity index (χ1v) is 6.77. The topological polar surface area (TPSA) is 76.2 Å². The third-order valence-corrected chi connectivity index (χ3v) is 3.88. The molecule has 1 aliphatic carbocycles. The Labute approximate surface area is 116 Å². The number of hydrogen-bond donors (Lipinski definition) is 1. The van der Waals surface area contributed by atoms with Crippen molar-refractivity contribution in [3.05, 3.63) is 35.7 Å². The maximum Gasteiger partial charge on any atom is 0.306 e. The van der Waals surface area contributed by atoms with Crippen LogP contribution in [0.3, 0.4) is 0 Å². The lowest BCUT2D eigenvalue weighted by molar-refractivity contribution is -0.141. The number of aromatic nitrogens is 2. The van der Waals surface area contributed by atoms with Crippen LogP contribution in [0.4, 0.5) is 0 Å². The van der Waals surface area contributed by atoms with Crippen LogP contribution in [-0.4, -0.2) is 21.2 Å². The van der Waals surface area contributed by atoms with E-state index in [1.807, 2.05) is 31.2 Å². The van der Waals surface area contributed by atoms with E-state index in [-0.39, 0.29) is 11.8 Å². The fourth-order valence-electron chi connectivity index (χ4n) is 2.65. The number of aryl methyl sites for hydroxylation is 1. The summed E-state index contributed by atoms with van der Waals surface area (Å²) in [6, 6.07) is 7.92. The van der Waals surface area contributed by atoms with Gasteiger partial charge in [-0.1, -0.05) is 35.0 Å². The summed E-state index contributed by atoms with van der Waals surface area (Å²) >= 11 is 0. The maximum atomic E-state index is 11.0. The summed E-state index contributed by atoms with van der Waals surface area (Å²) in [7, 11) is 0. The van der Waals surface area contributed by atoms with Crippen molar-refractivity contribution in [3.8, 4) is 11.4 Å². The zero-order valence-electron chi connectivity index (χ0n) is 11.2. The second-order valence-electron chi connectivity index (χ2n) is 5.37. The van der Waals surface area contributed by atoms with Gasteiger partial charge in [0.25, 0.3) is 0 Å². The first-order valence-electron chi connectivity index (χ1n) is 6.77. The highest BCUT2D eigenvalue weighted by Crippen LogP contribution is 2.38. The molecular formula is C15H16N2O3. The van der Waals surface area contributed by atoms with Crippen molar-refractivity contribution < 1.29 is 14.4 Å². The molecular weight excluding hydrogens is 256 g/mol. The predicted molar refractivity (Wildman–Crippen MR) is 72.2 cm³/mol. The second kappa shape index (κ2) is 5.07. The van der Waals surface area contributed by atoms with E-state index in [1.54, 1.807) is 0 Å². The molecule has 2 unspecified atom stereocenters. The highest BCUT2D eigenvalue weighted by atomic mass is 16.5. The van der Waals surface area contributed by atoms with Crippen LogP contribution in [-0.2, 0) is 4.79 Å². The monoisotopic (exact) mass is 272 g/mol. The predicted octanol–water partition coefficient (Wildman–Crippen LogP) is 3.01. The first kappa shape index (κ1) is 12.8. The molecule has 1 aromatic heterocycles. The summed E-state index contributed by atoms with van der Waals surface area (Å²) in [4.78, 5) is 15.4. The molecule has 1 fully saturated rings. The van der Waals surface area contributed by atoms with E-state index in [0.717, 1.165) is 12.0 Å². The molecule has 0 spiro atoms. The van der Waals surface area contributed by atoms with Crippen LogP contribution in [0.25, 0.3) is 11.4 Å². The lowest BCUT2D eigenvalue weighted by Gasteiger charge is -2.02. The van der Waals surface area contributed by atoms with Gasteiger partial charge < -0.3 is 9.63 Å². The second-order valence-corrected chi connectivity index (χ2v) is 5.37. The van der Waals surface area contributed by atoms with Gasteiger partial charge in [-0.15, -0.1) is 0 Å². The van der Waals surface area contributed by atoms with Gasteiger partial charge in [0.05, 0.1) is 5.92 Å². The molecule has 5 nitrogen and oxygen atoms in total. The summed E-state index contributed by atoms with van der Waals surface area (Å²) in [5, 5.41) is 13.0. The lowest BCUT2D eigenvalue weighted by Crippen LogP contribution is -2.09. The highest BCUT2D eigenvalue weighted by molar-refractivity contribution is 5.70. The molecule has 3 rings (SSSR count). The fraction of sp³-hybridized carbons (Fsp3) is 0.400.